The van der Waals surface area contributed by atoms with Crippen LogP contribution >= 0.6 is 10.7 Å². The lowest BCUT2D eigenvalue weighted by molar-refractivity contribution is -0.107. The molecule has 0 radical (unpaired) electrons. The average molecular weight is 251 g/mol. The smallest absolute Gasteiger partial charge is 0.261 e. The van der Waals surface area contributed by atoms with E-state index in [0.29, 0.717) is 5.56 Å². The quantitative estimate of drug-likeness (QED) is 0.605. The Balaban J connectivity index is 3.29. The Bertz CT molecular complexity index is 425. The topological polar surface area (TPSA) is 52.6 Å². The summed E-state index contributed by atoms with van der Waals surface area (Å²) < 4.78 is 32.4. The number of ether oxygens (including phenoxy) is 2. The molecule has 0 aliphatic heterocycles. The Morgan fingerprint density at radius 3 is 2.20 bits per heavy atom. The lowest BCUT2D eigenvalue weighted by Gasteiger charge is -2.15. The molecular formula is C9H11ClO4S. The first-order chi connectivity index (χ1) is 7.00. The van der Waals surface area contributed by atoms with E-state index >= 15 is 0 Å². The summed E-state index contributed by atoms with van der Waals surface area (Å²) in [5.74, 6) is 0. The predicted molar refractivity (Wildman–Crippen MR) is 56.2 cm³/mol. The fourth-order valence-corrected chi connectivity index (χ4v) is 2.36. The van der Waals surface area contributed by atoms with Gasteiger partial charge in [0.25, 0.3) is 9.05 Å². The van der Waals surface area contributed by atoms with Crippen LogP contribution in [0.15, 0.2) is 29.2 Å². The lowest BCUT2D eigenvalue weighted by Crippen LogP contribution is -2.08. The van der Waals surface area contributed by atoms with Crippen molar-refractivity contribution in [1.82, 2.24) is 0 Å². The third-order valence-corrected chi connectivity index (χ3v) is 3.26. The second kappa shape index (κ2) is 4.94. The molecule has 0 bridgehead atoms. The third-order valence-electron chi connectivity index (χ3n) is 1.86. The summed E-state index contributed by atoms with van der Waals surface area (Å²) in [6.45, 7) is 0. The molecule has 4 nitrogen and oxygen atoms in total. The van der Waals surface area contributed by atoms with E-state index in [-0.39, 0.29) is 4.90 Å². The Morgan fingerprint density at radius 2 is 1.73 bits per heavy atom. The van der Waals surface area contributed by atoms with Gasteiger partial charge in [0.1, 0.15) is 0 Å². The normalized spacial score (nSPS) is 12.0. The van der Waals surface area contributed by atoms with Crippen LogP contribution < -0.4 is 0 Å². The SMILES string of the molecule is COC(OC)c1ccccc1S(=O)(=O)Cl. The highest BCUT2D eigenvalue weighted by Crippen LogP contribution is 2.27. The van der Waals surface area contributed by atoms with Crippen molar-refractivity contribution in [3.8, 4) is 0 Å². The summed E-state index contributed by atoms with van der Waals surface area (Å²) in [4.78, 5) is 0.000340. The van der Waals surface area contributed by atoms with Crippen molar-refractivity contribution in [2.75, 3.05) is 14.2 Å². The number of hydrogen-bond donors (Lipinski definition) is 0. The van der Waals surface area contributed by atoms with Gasteiger partial charge in [0.15, 0.2) is 6.29 Å². The van der Waals surface area contributed by atoms with Crippen LogP contribution in [-0.2, 0) is 18.5 Å². The summed E-state index contributed by atoms with van der Waals surface area (Å²) >= 11 is 0. The van der Waals surface area contributed by atoms with Crippen molar-refractivity contribution in [1.29, 1.82) is 0 Å². The van der Waals surface area contributed by atoms with Crippen LogP contribution in [0.25, 0.3) is 0 Å². The summed E-state index contributed by atoms with van der Waals surface area (Å²) in [5.41, 5.74) is 0.387. The minimum atomic E-state index is -3.79. The summed E-state index contributed by atoms with van der Waals surface area (Å²) in [6, 6.07) is 6.27. The van der Waals surface area contributed by atoms with Gasteiger partial charge in [0.05, 0.1) is 4.90 Å². The fraction of sp³-hybridized carbons (Fsp3) is 0.333. The highest BCUT2D eigenvalue weighted by Gasteiger charge is 2.20. The van der Waals surface area contributed by atoms with Crippen molar-refractivity contribution in [3.63, 3.8) is 0 Å². The highest BCUT2D eigenvalue weighted by molar-refractivity contribution is 8.13. The van der Waals surface area contributed by atoms with Gasteiger partial charge in [0.2, 0.25) is 0 Å². The summed E-state index contributed by atoms with van der Waals surface area (Å²) in [7, 11) is 4.34. The number of halogens is 1. The number of methoxy groups -OCH3 is 2. The van der Waals surface area contributed by atoms with E-state index in [1.165, 1.54) is 20.3 Å². The molecule has 0 amide bonds. The van der Waals surface area contributed by atoms with Crippen LogP contribution in [-0.4, -0.2) is 22.6 Å². The van der Waals surface area contributed by atoms with Gasteiger partial charge in [-0.25, -0.2) is 8.42 Å². The van der Waals surface area contributed by atoms with Crippen LogP contribution in [0.2, 0.25) is 0 Å². The molecule has 1 rings (SSSR count). The standard InChI is InChI=1S/C9H11ClO4S/c1-13-9(14-2)7-5-3-4-6-8(7)15(10,11)12/h3-6,9H,1-2H3. The molecule has 0 aromatic heterocycles. The van der Waals surface area contributed by atoms with Gasteiger partial charge in [-0.1, -0.05) is 18.2 Å². The Kier molecular flexibility index (Phi) is 4.10. The fourth-order valence-electron chi connectivity index (χ4n) is 1.25. The molecule has 0 heterocycles. The number of rotatable bonds is 4. The zero-order valence-corrected chi connectivity index (χ0v) is 9.88. The van der Waals surface area contributed by atoms with Crippen LogP contribution in [0.4, 0.5) is 0 Å². The van der Waals surface area contributed by atoms with Gasteiger partial charge in [-0.2, -0.15) is 0 Å². The third kappa shape index (κ3) is 2.92. The van der Waals surface area contributed by atoms with E-state index in [0.717, 1.165) is 0 Å². The molecule has 0 fully saturated rings. The maximum atomic E-state index is 11.2. The van der Waals surface area contributed by atoms with Crippen LogP contribution in [0.1, 0.15) is 11.9 Å². The largest absolute Gasteiger partial charge is 0.352 e. The molecule has 15 heavy (non-hydrogen) atoms. The predicted octanol–water partition coefficient (Wildman–Crippen LogP) is 1.91. The molecule has 0 saturated heterocycles. The monoisotopic (exact) mass is 250 g/mol. The van der Waals surface area contributed by atoms with Gasteiger partial charge in [-0.15, -0.1) is 0 Å². The van der Waals surface area contributed by atoms with E-state index in [9.17, 15) is 8.42 Å². The molecule has 1 aromatic carbocycles. The molecule has 0 saturated carbocycles. The molecule has 0 aliphatic rings. The first-order valence-electron chi connectivity index (χ1n) is 4.10. The molecule has 0 N–H and O–H groups in total. The Hall–Kier alpha value is -0.620. The molecule has 0 atom stereocenters. The van der Waals surface area contributed by atoms with Crippen molar-refractivity contribution in [2.24, 2.45) is 0 Å². The van der Waals surface area contributed by atoms with Crippen LogP contribution in [0.5, 0.6) is 0 Å². The molecule has 1 aromatic rings. The van der Waals surface area contributed by atoms with Crippen molar-refractivity contribution in [3.05, 3.63) is 29.8 Å². The molecule has 0 unspecified atom stereocenters. The molecular weight excluding hydrogens is 240 g/mol. The second-order valence-corrected chi connectivity index (χ2v) is 5.31. The minimum Gasteiger partial charge on any atom is -0.352 e. The van der Waals surface area contributed by atoms with Crippen molar-refractivity contribution >= 4 is 19.7 Å². The number of hydrogen-bond acceptors (Lipinski definition) is 4. The Labute approximate surface area is 93.2 Å². The van der Waals surface area contributed by atoms with Crippen molar-refractivity contribution in [2.45, 2.75) is 11.2 Å². The van der Waals surface area contributed by atoms with E-state index in [1.807, 2.05) is 0 Å². The Morgan fingerprint density at radius 1 is 1.20 bits per heavy atom. The first-order valence-corrected chi connectivity index (χ1v) is 6.41. The van der Waals surface area contributed by atoms with E-state index < -0.39 is 15.3 Å². The van der Waals surface area contributed by atoms with Gasteiger partial charge in [0, 0.05) is 30.5 Å². The maximum Gasteiger partial charge on any atom is 0.261 e. The molecule has 0 aliphatic carbocycles. The second-order valence-electron chi connectivity index (χ2n) is 2.78. The highest BCUT2D eigenvalue weighted by atomic mass is 35.7. The summed E-state index contributed by atoms with van der Waals surface area (Å²) in [5, 5.41) is 0. The summed E-state index contributed by atoms with van der Waals surface area (Å²) in [6.07, 6.45) is -0.741. The first kappa shape index (κ1) is 12.4. The zero-order chi connectivity index (χ0) is 11.5. The van der Waals surface area contributed by atoms with E-state index in [4.69, 9.17) is 20.2 Å². The number of benzene rings is 1. The van der Waals surface area contributed by atoms with E-state index in [1.54, 1.807) is 18.2 Å². The average Bonchev–Trinajstić information content (AvgIpc) is 2.19. The van der Waals surface area contributed by atoms with Gasteiger partial charge in [-0.3, -0.25) is 0 Å². The minimum absolute atomic E-state index is 0.000340. The van der Waals surface area contributed by atoms with Gasteiger partial charge in [-0.05, 0) is 6.07 Å². The maximum absolute atomic E-state index is 11.2. The van der Waals surface area contributed by atoms with Crippen LogP contribution in [0.3, 0.4) is 0 Å². The lowest BCUT2D eigenvalue weighted by atomic mass is 10.2. The van der Waals surface area contributed by atoms with Gasteiger partial charge < -0.3 is 9.47 Å². The van der Waals surface area contributed by atoms with Gasteiger partial charge >= 0.3 is 0 Å². The van der Waals surface area contributed by atoms with E-state index in [2.05, 4.69) is 0 Å². The molecule has 84 valence electrons. The molecule has 0 spiro atoms. The molecule has 6 heteroatoms. The van der Waals surface area contributed by atoms with Crippen LogP contribution in [0, 0.1) is 0 Å². The van der Waals surface area contributed by atoms with Crippen molar-refractivity contribution < 1.29 is 17.9 Å². The zero-order valence-electron chi connectivity index (χ0n) is 8.31.